The van der Waals surface area contributed by atoms with Crippen LogP contribution in [0.5, 0.6) is 5.75 Å². The van der Waals surface area contributed by atoms with Crippen LogP contribution in [0, 0.1) is 12.3 Å². The number of benzene rings is 1. The number of nitrogens with two attached hydrogens (primary N) is 1. The molecule has 0 saturated heterocycles. The maximum atomic E-state index is 11.1. The number of aliphatic carboxylic acids is 1. The number of carboxylic acid groups (broad SMARTS) is 1. The fraction of sp³-hybridized carbons (Fsp3) is 0.533. The van der Waals surface area contributed by atoms with Crippen molar-refractivity contribution in [3.8, 4) is 5.75 Å². The number of rotatable bonds is 6. The molecule has 0 saturated carbocycles. The molecule has 1 rings (SSSR count). The van der Waals surface area contributed by atoms with Crippen LogP contribution in [0.25, 0.3) is 0 Å². The van der Waals surface area contributed by atoms with Gasteiger partial charge in [-0.1, -0.05) is 15.9 Å². The van der Waals surface area contributed by atoms with E-state index in [0.717, 1.165) is 21.3 Å². The lowest BCUT2D eigenvalue weighted by Crippen LogP contribution is -2.31. The summed E-state index contributed by atoms with van der Waals surface area (Å²) in [7, 11) is 0. The Hall–Kier alpha value is -1.07. The Morgan fingerprint density at radius 2 is 2.10 bits per heavy atom. The molecule has 1 atom stereocenters. The van der Waals surface area contributed by atoms with Crippen molar-refractivity contribution in [2.45, 2.75) is 40.2 Å². The molecule has 3 N–H and O–H groups in total. The Labute approximate surface area is 128 Å². The van der Waals surface area contributed by atoms with E-state index in [4.69, 9.17) is 15.6 Å². The smallest absolute Gasteiger partial charge is 0.312 e. The maximum absolute atomic E-state index is 11.1. The van der Waals surface area contributed by atoms with E-state index in [1.807, 2.05) is 26.0 Å². The average Bonchev–Trinajstić information content (AvgIpc) is 2.26. The van der Waals surface area contributed by atoms with Gasteiger partial charge in [-0.3, -0.25) is 4.79 Å². The minimum absolute atomic E-state index is 0.0125. The quantitative estimate of drug-likeness (QED) is 0.832. The summed E-state index contributed by atoms with van der Waals surface area (Å²) in [5, 5.41) is 9.14. The van der Waals surface area contributed by atoms with Crippen LogP contribution in [0.4, 0.5) is 0 Å². The Bertz CT molecular complexity index is 498. The van der Waals surface area contributed by atoms with Crippen LogP contribution in [-0.2, 0) is 11.2 Å². The highest BCUT2D eigenvalue weighted by molar-refractivity contribution is 9.10. The zero-order valence-corrected chi connectivity index (χ0v) is 14.0. The van der Waals surface area contributed by atoms with Crippen molar-refractivity contribution in [1.29, 1.82) is 0 Å². The number of hydrogen-bond donors (Lipinski definition) is 2. The molecule has 0 aliphatic rings. The van der Waals surface area contributed by atoms with E-state index in [0.29, 0.717) is 6.42 Å². The molecule has 0 bridgehead atoms. The number of ether oxygens (including phenoxy) is 1. The van der Waals surface area contributed by atoms with Crippen molar-refractivity contribution in [3.63, 3.8) is 0 Å². The number of halogens is 1. The van der Waals surface area contributed by atoms with Gasteiger partial charge >= 0.3 is 5.97 Å². The molecular weight excluding hydrogens is 322 g/mol. The summed E-state index contributed by atoms with van der Waals surface area (Å²) < 4.78 is 6.76. The fourth-order valence-electron chi connectivity index (χ4n) is 1.82. The van der Waals surface area contributed by atoms with Crippen LogP contribution >= 0.6 is 15.9 Å². The Morgan fingerprint density at radius 1 is 1.50 bits per heavy atom. The maximum Gasteiger partial charge on any atom is 0.312 e. The topological polar surface area (TPSA) is 72.5 Å². The van der Waals surface area contributed by atoms with Crippen molar-refractivity contribution < 1.29 is 14.6 Å². The molecular formula is C15H22BrNO3. The lowest BCUT2D eigenvalue weighted by atomic mass is 9.95. The SMILES string of the molecule is Cc1cc(Br)cc(CC(C)N)c1OCC(C)(C)C(=O)O. The van der Waals surface area contributed by atoms with Crippen LogP contribution in [0.1, 0.15) is 31.9 Å². The second kappa shape index (κ2) is 6.59. The number of carbonyl (C=O) groups is 1. The Balaban J connectivity index is 3.01. The highest BCUT2D eigenvalue weighted by Crippen LogP contribution is 2.30. The van der Waals surface area contributed by atoms with E-state index >= 15 is 0 Å². The standard InChI is InChI=1S/C15H22BrNO3/c1-9-5-12(16)7-11(6-10(2)17)13(9)20-8-15(3,4)14(18)19/h5,7,10H,6,8,17H2,1-4H3,(H,18,19). The molecule has 0 aliphatic carbocycles. The summed E-state index contributed by atoms with van der Waals surface area (Å²) in [4.78, 5) is 11.1. The van der Waals surface area contributed by atoms with Gasteiger partial charge in [0.25, 0.3) is 0 Å². The van der Waals surface area contributed by atoms with Crippen LogP contribution in [0.3, 0.4) is 0 Å². The monoisotopic (exact) mass is 343 g/mol. The van der Waals surface area contributed by atoms with Crippen LogP contribution in [0.15, 0.2) is 16.6 Å². The third-order valence-corrected chi connectivity index (χ3v) is 3.47. The number of carboxylic acids is 1. The third kappa shape index (κ3) is 4.49. The molecule has 1 aromatic rings. The molecule has 5 heteroatoms. The highest BCUT2D eigenvalue weighted by atomic mass is 79.9. The molecule has 4 nitrogen and oxygen atoms in total. The summed E-state index contributed by atoms with van der Waals surface area (Å²) in [6, 6.07) is 3.94. The zero-order chi connectivity index (χ0) is 15.5. The zero-order valence-electron chi connectivity index (χ0n) is 12.4. The molecule has 0 heterocycles. The van der Waals surface area contributed by atoms with Gasteiger partial charge in [0.05, 0.1) is 5.41 Å². The van der Waals surface area contributed by atoms with Crippen LogP contribution in [0.2, 0.25) is 0 Å². The first kappa shape index (κ1) is 17.0. The second-order valence-electron chi connectivity index (χ2n) is 5.87. The van der Waals surface area contributed by atoms with E-state index in [9.17, 15) is 4.79 Å². The molecule has 112 valence electrons. The van der Waals surface area contributed by atoms with Gasteiger partial charge in [0.15, 0.2) is 0 Å². The van der Waals surface area contributed by atoms with Gasteiger partial charge in [-0.25, -0.2) is 0 Å². The first-order valence-corrected chi connectivity index (χ1v) is 7.33. The first-order valence-electron chi connectivity index (χ1n) is 6.54. The summed E-state index contributed by atoms with van der Waals surface area (Å²) in [6.07, 6.45) is 0.684. The third-order valence-electron chi connectivity index (χ3n) is 3.01. The molecule has 0 amide bonds. The first-order chi connectivity index (χ1) is 9.13. The minimum Gasteiger partial charge on any atom is -0.492 e. The summed E-state index contributed by atoms with van der Waals surface area (Å²) in [6.45, 7) is 7.29. The molecule has 0 radical (unpaired) electrons. The number of hydrogen-bond acceptors (Lipinski definition) is 3. The predicted molar refractivity (Wildman–Crippen MR) is 83.1 cm³/mol. The largest absolute Gasteiger partial charge is 0.492 e. The van der Waals surface area contributed by atoms with Crippen LogP contribution in [-0.4, -0.2) is 23.7 Å². The predicted octanol–water partition coefficient (Wildman–Crippen LogP) is 3.14. The van der Waals surface area contributed by atoms with Crippen molar-refractivity contribution in [2.24, 2.45) is 11.1 Å². The fourth-order valence-corrected chi connectivity index (χ4v) is 2.44. The molecule has 1 aromatic carbocycles. The van der Waals surface area contributed by atoms with Gasteiger partial charge in [-0.2, -0.15) is 0 Å². The summed E-state index contributed by atoms with van der Waals surface area (Å²) in [5.41, 5.74) is 6.90. The normalized spacial score (nSPS) is 13.1. The van der Waals surface area contributed by atoms with Gasteiger partial charge in [-0.05, 0) is 57.4 Å². The van der Waals surface area contributed by atoms with E-state index in [2.05, 4.69) is 15.9 Å². The van der Waals surface area contributed by atoms with E-state index < -0.39 is 11.4 Å². The van der Waals surface area contributed by atoms with Gasteiger partial charge in [-0.15, -0.1) is 0 Å². The van der Waals surface area contributed by atoms with E-state index in [-0.39, 0.29) is 12.6 Å². The lowest BCUT2D eigenvalue weighted by molar-refractivity contribution is -0.148. The Kier molecular flexibility index (Phi) is 5.59. The van der Waals surface area contributed by atoms with Gasteiger partial charge in [0.1, 0.15) is 12.4 Å². The van der Waals surface area contributed by atoms with Crippen molar-refractivity contribution >= 4 is 21.9 Å². The molecule has 0 aromatic heterocycles. The van der Waals surface area contributed by atoms with Gasteiger partial charge in [0, 0.05) is 10.5 Å². The highest BCUT2D eigenvalue weighted by Gasteiger charge is 2.28. The van der Waals surface area contributed by atoms with Crippen molar-refractivity contribution in [3.05, 3.63) is 27.7 Å². The average molecular weight is 344 g/mol. The number of aryl methyl sites for hydroxylation is 1. The summed E-state index contributed by atoms with van der Waals surface area (Å²) in [5.74, 6) is -0.138. The second-order valence-corrected chi connectivity index (χ2v) is 6.79. The molecule has 0 spiro atoms. The van der Waals surface area contributed by atoms with Gasteiger partial charge in [0.2, 0.25) is 0 Å². The minimum atomic E-state index is -0.925. The lowest BCUT2D eigenvalue weighted by Gasteiger charge is -2.22. The van der Waals surface area contributed by atoms with E-state index in [1.54, 1.807) is 13.8 Å². The van der Waals surface area contributed by atoms with E-state index in [1.165, 1.54) is 0 Å². The molecule has 0 fully saturated rings. The van der Waals surface area contributed by atoms with Crippen molar-refractivity contribution in [2.75, 3.05) is 6.61 Å². The molecule has 20 heavy (non-hydrogen) atoms. The molecule has 1 unspecified atom stereocenters. The summed E-state index contributed by atoms with van der Waals surface area (Å²) >= 11 is 3.46. The van der Waals surface area contributed by atoms with Crippen molar-refractivity contribution in [1.82, 2.24) is 0 Å². The Morgan fingerprint density at radius 3 is 2.60 bits per heavy atom. The van der Waals surface area contributed by atoms with Gasteiger partial charge < -0.3 is 15.6 Å². The molecule has 0 aliphatic heterocycles. The van der Waals surface area contributed by atoms with Crippen LogP contribution < -0.4 is 10.5 Å².